The lowest BCUT2D eigenvalue weighted by Crippen LogP contribution is -2.31. The third-order valence-electron chi connectivity index (χ3n) is 4.12. The minimum atomic E-state index is 0.638. The molecule has 138 valence electrons. The molecular formula is C18H27ClN4O2. The number of benzene rings is 1. The number of halogens is 1. The Morgan fingerprint density at radius 1 is 1.08 bits per heavy atom. The highest BCUT2D eigenvalue weighted by atomic mass is 35.5. The van der Waals surface area contributed by atoms with Gasteiger partial charge in [0.2, 0.25) is 0 Å². The highest BCUT2D eigenvalue weighted by Crippen LogP contribution is 2.33. The summed E-state index contributed by atoms with van der Waals surface area (Å²) in [6, 6.07) is 3.75. The smallest absolute Gasteiger partial charge is 0.162 e. The van der Waals surface area contributed by atoms with Gasteiger partial charge >= 0.3 is 0 Å². The molecule has 6 nitrogen and oxygen atoms in total. The maximum atomic E-state index is 6.46. The number of hydrogen-bond donors (Lipinski definition) is 1. The van der Waals surface area contributed by atoms with Gasteiger partial charge < -0.3 is 19.4 Å². The first-order valence-electron chi connectivity index (χ1n) is 8.21. The van der Waals surface area contributed by atoms with Crippen LogP contribution in [0.3, 0.4) is 0 Å². The highest BCUT2D eigenvalue weighted by Gasteiger charge is 2.15. The first kappa shape index (κ1) is 19.6. The van der Waals surface area contributed by atoms with Crippen LogP contribution in [0.15, 0.2) is 18.5 Å². The molecule has 0 aliphatic heterocycles. The van der Waals surface area contributed by atoms with Crippen LogP contribution in [-0.2, 0) is 13.1 Å². The summed E-state index contributed by atoms with van der Waals surface area (Å²) in [5.74, 6) is 1.32. The van der Waals surface area contributed by atoms with Crippen molar-refractivity contribution < 1.29 is 9.47 Å². The van der Waals surface area contributed by atoms with Crippen molar-refractivity contribution in [2.24, 2.45) is 0 Å². The van der Waals surface area contributed by atoms with Crippen LogP contribution in [0.2, 0.25) is 5.02 Å². The lowest BCUT2D eigenvalue weighted by Gasteiger charge is -2.24. The predicted octanol–water partition coefficient (Wildman–Crippen LogP) is 2.95. The number of aromatic nitrogens is 2. The molecule has 0 aliphatic carbocycles. The maximum Gasteiger partial charge on any atom is 0.162 e. The number of rotatable bonds is 9. The molecule has 0 saturated heterocycles. The maximum absolute atomic E-state index is 6.46. The molecule has 0 amide bonds. The summed E-state index contributed by atoms with van der Waals surface area (Å²) in [4.78, 5) is 12.1. The number of nitrogens with one attached hydrogen (secondary N) is 1. The number of aromatic amines is 1. The van der Waals surface area contributed by atoms with Crippen molar-refractivity contribution >= 4 is 11.6 Å². The van der Waals surface area contributed by atoms with E-state index in [-0.39, 0.29) is 0 Å². The van der Waals surface area contributed by atoms with Gasteiger partial charge in [0.15, 0.2) is 11.5 Å². The van der Waals surface area contributed by atoms with Crippen LogP contribution in [0.25, 0.3) is 0 Å². The lowest BCUT2D eigenvalue weighted by atomic mass is 10.1. The molecule has 0 spiro atoms. The molecule has 0 radical (unpaired) electrons. The Morgan fingerprint density at radius 2 is 1.76 bits per heavy atom. The van der Waals surface area contributed by atoms with E-state index < -0.39 is 0 Å². The van der Waals surface area contributed by atoms with Crippen LogP contribution in [0.5, 0.6) is 11.5 Å². The second kappa shape index (κ2) is 9.08. The summed E-state index contributed by atoms with van der Waals surface area (Å²) in [5, 5.41) is 0.672. The van der Waals surface area contributed by atoms with Gasteiger partial charge in [-0.25, -0.2) is 4.98 Å². The number of ether oxygens (including phenoxy) is 2. The zero-order valence-electron chi connectivity index (χ0n) is 15.6. The molecule has 0 fully saturated rings. The molecule has 1 heterocycles. The molecule has 0 aliphatic rings. The largest absolute Gasteiger partial charge is 0.493 e. The lowest BCUT2D eigenvalue weighted by molar-refractivity contribution is 0.223. The van der Waals surface area contributed by atoms with Crippen LogP contribution in [0.1, 0.15) is 17.0 Å². The van der Waals surface area contributed by atoms with Gasteiger partial charge in [-0.05, 0) is 32.6 Å². The van der Waals surface area contributed by atoms with Crippen molar-refractivity contribution in [3.63, 3.8) is 0 Å². The molecule has 1 aromatic carbocycles. The van der Waals surface area contributed by atoms with Crippen LogP contribution < -0.4 is 9.47 Å². The molecule has 2 aromatic rings. The summed E-state index contributed by atoms with van der Waals surface area (Å²) in [6.07, 6.45) is 1.73. The number of methoxy groups -OCH3 is 2. The Labute approximate surface area is 154 Å². The van der Waals surface area contributed by atoms with E-state index in [0.717, 1.165) is 36.6 Å². The molecule has 0 bridgehead atoms. The topological polar surface area (TPSA) is 53.6 Å². The van der Waals surface area contributed by atoms with E-state index in [1.165, 1.54) is 0 Å². The second-order valence-electron chi connectivity index (χ2n) is 6.29. The number of H-pyrrole nitrogens is 1. The molecule has 7 heteroatoms. The number of aryl methyl sites for hydroxylation is 1. The molecule has 0 unspecified atom stereocenters. The van der Waals surface area contributed by atoms with Gasteiger partial charge in [0.1, 0.15) is 0 Å². The minimum Gasteiger partial charge on any atom is -0.493 e. The first-order valence-corrected chi connectivity index (χ1v) is 8.58. The number of imidazole rings is 1. The Hall–Kier alpha value is -1.76. The summed E-state index contributed by atoms with van der Waals surface area (Å²) >= 11 is 6.46. The Morgan fingerprint density at radius 3 is 2.32 bits per heavy atom. The molecule has 0 saturated carbocycles. The zero-order chi connectivity index (χ0) is 18.4. The van der Waals surface area contributed by atoms with E-state index >= 15 is 0 Å². The minimum absolute atomic E-state index is 0.638. The molecule has 0 atom stereocenters. The number of nitrogens with zero attached hydrogens (tertiary/aromatic N) is 3. The first-order chi connectivity index (χ1) is 11.9. The fourth-order valence-electron chi connectivity index (χ4n) is 2.57. The van der Waals surface area contributed by atoms with Crippen molar-refractivity contribution in [3.05, 3.63) is 40.4 Å². The molecular weight excluding hydrogens is 340 g/mol. The summed E-state index contributed by atoms with van der Waals surface area (Å²) in [5.41, 5.74) is 3.15. The zero-order valence-corrected chi connectivity index (χ0v) is 16.4. The van der Waals surface area contributed by atoms with Crippen molar-refractivity contribution in [1.82, 2.24) is 19.8 Å². The van der Waals surface area contributed by atoms with Gasteiger partial charge in [-0.15, -0.1) is 0 Å². The average Bonchev–Trinajstić information content (AvgIpc) is 2.98. The van der Waals surface area contributed by atoms with Gasteiger partial charge in [-0.2, -0.15) is 0 Å². The summed E-state index contributed by atoms with van der Waals surface area (Å²) in [6.45, 7) is 5.36. The molecule has 1 N–H and O–H groups in total. The Kier molecular flexibility index (Phi) is 7.11. The number of likely N-dealkylation sites (N-methyl/N-ethyl adjacent to an activating group) is 1. The van der Waals surface area contributed by atoms with Crippen LogP contribution in [-0.4, -0.2) is 61.2 Å². The molecule has 2 rings (SSSR count). The SMILES string of the molecule is COc1cc(Cl)c(CN(CCN(C)C)Cc2nc[nH]c2C)cc1OC. The van der Waals surface area contributed by atoms with Crippen LogP contribution in [0.4, 0.5) is 0 Å². The van der Waals surface area contributed by atoms with E-state index in [9.17, 15) is 0 Å². The normalized spacial score (nSPS) is 11.4. The third kappa shape index (κ3) is 5.36. The van der Waals surface area contributed by atoms with Gasteiger partial charge in [0.25, 0.3) is 0 Å². The van der Waals surface area contributed by atoms with E-state index in [0.29, 0.717) is 23.1 Å². The van der Waals surface area contributed by atoms with Gasteiger partial charge in [-0.1, -0.05) is 11.6 Å². The quantitative estimate of drug-likeness (QED) is 0.739. The fraction of sp³-hybridized carbons (Fsp3) is 0.500. The summed E-state index contributed by atoms with van der Waals surface area (Å²) < 4.78 is 10.7. The van der Waals surface area contributed by atoms with Crippen LogP contribution >= 0.6 is 11.6 Å². The van der Waals surface area contributed by atoms with Gasteiger partial charge in [-0.3, -0.25) is 4.90 Å². The van der Waals surface area contributed by atoms with Crippen molar-refractivity contribution in [2.45, 2.75) is 20.0 Å². The van der Waals surface area contributed by atoms with Gasteiger partial charge in [0, 0.05) is 43.0 Å². The second-order valence-corrected chi connectivity index (χ2v) is 6.69. The van der Waals surface area contributed by atoms with Crippen molar-refractivity contribution in [1.29, 1.82) is 0 Å². The van der Waals surface area contributed by atoms with Gasteiger partial charge in [0.05, 0.1) is 26.2 Å². The monoisotopic (exact) mass is 366 g/mol. The molecule has 25 heavy (non-hydrogen) atoms. The van der Waals surface area contributed by atoms with E-state index in [2.05, 4.69) is 33.9 Å². The van der Waals surface area contributed by atoms with E-state index in [1.54, 1.807) is 26.6 Å². The van der Waals surface area contributed by atoms with Crippen molar-refractivity contribution in [3.8, 4) is 11.5 Å². The predicted molar refractivity (Wildman–Crippen MR) is 101 cm³/mol. The average molecular weight is 367 g/mol. The summed E-state index contributed by atoms with van der Waals surface area (Å²) in [7, 11) is 7.38. The molecule has 1 aromatic heterocycles. The van der Waals surface area contributed by atoms with E-state index in [1.807, 2.05) is 13.0 Å². The van der Waals surface area contributed by atoms with Crippen LogP contribution in [0, 0.1) is 6.92 Å². The highest BCUT2D eigenvalue weighted by molar-refractivity contribution is 6.31. The Bertz CT molecular complexity index is 688. The third-order valence-corrected chi connectivity index (χ3v) is 4.47. The number of hydrogen-bond acceptors (Lipinski definition) is 5. The van der Waals surface area contributed by atoms with E-state index in [4.69, 9.17) is 21.1 Å². The standard InChI is InChI=1S/C18H27ClN4O2/c1-13-16(21-12-20-13)11-23(7-6-22(2)3)10-14-8-17(24-4)18(25-5)9-15(14)19/h8-9,12H,6-7,10-11H2,1-5H3,(H,20,21). The Balaban J connectivity index is 2.21. The fourth-order valence-corrected chi connectivity index (χ4v) is 2.79. The van der Waals surface area contributed by atoms with Crippen molar-refractivity contribution in [2.75, 3.05) is 41.4 Å².